The molecule has 6 nitrogen and oxygen atoms in total. The number of nitrogens with one attached hydrogen (secondary N) is 1. The predicted octanol–water partition coefficient (Wildman–Crippen LogP) is 5.01. The van der Waals surface area contributed by atoms with E-state index in [0.29, 0.717) is 12.1 Å². The van der Waals surface area contributed by atoms with E-state index in [-0.39, 0.29) is 17.6 Å². The maximum absolute atomic E-state index is 13.5. The van der Waals surface area contributed by atoms with Gasteiger partial charge in [0.1, 0.15) is 0 Å². The fourth-order valence-electron chi connectivity index (χ4n) is 4.80. The van der Waals surface area contributed by atoms with Crippen molar-refractivity contribution in [3.8, 4) is 5.69 Å². The number of hydrogen-bond donors (Lipinski definition) is 1. The molecule has 1 N–H and O–H groups in total. The summed E-state index contributed by atoms with van der Waals surface area (Å²) in [7, 11) is 1.89. The third kappa shape index (κ3) is 3.28. The van der Waals surface area contributed by atoms with Gasteiger partial charge in [-0.25, -0.2) is 9.48 Å². The van der Waals surface area contributed by atoms with Gasteiger partial charge in [-0.1, -0.05) is 54.6 Å². The molecule has 162 valence electrons. The lowest BCUT2D eigenvalue weighted by atomic mass is 10.1. The van der Waals surface area contributed by atoms with E-state index in [2.05, 4.69) is 5.32 Å². The number of carbonyl (C=O) groups is 1. The number of carbonyl (C=O) groups excluding carboxylic acids is 1. The Hall–Kier alpha value is -3.80. The van der Waals surface area contributed by atoms with Crippen LogP contribution in [0.5, 0.6) is 0 Å². The zero-order chi connectivity index (χ0) is 22.2. The summed E-state index contributed by atoms with van der Waals surface area (Å²) in [5.41, 5.74) is 3.12. The number of anilines is 1. The fourth-order valence-corrected chi connectivity index (χ4v) is 4.80. The first kappa shape index (κ1) is 20.1. The molecule has 3 aromatic carbocycles. The van der Waals surface area contributed by atoms with Gasteiger partial charge in [-0.3, -0.25) is 9.48 Å². The minimum atomic E-state index is -0.242. The van der Waals surface area contributed by atoms with Gasteiger partial charge in [0, 0.05) is 24.7 Å². The molecule has 1 fully saturated rings. The first-order valence-corrected chi connectivity index (χ1v) is 11.0. The Kier molecular flexibility index (Phi) is 5.05. The first-order chi connectivity index (χ1) is 15.6. The normalized spacial score (nSPS) is 15.9. The van der Waals surface area contributed by atoms with E-state index < -0.39 is 0 Å². The number of benzene rings is 3. The SMILES string of the molecule is Cc1c(C2CCCN2C(=O)Nc2cccc3ccccc23)c(=O)n(-c2ccccc2)n1C. The van der Waals surface area contributed by atoms with Crippen LogP contribution in [0.4, 0.5) is 10.5 Å². The van der Waals surface area contributed by atoms with Crippen LogP contribution in [0, 0.1) is 6.92 Å². The monoisotopic (exact) mass is 426 g/mol. The van der Waals surface area contributed by atoms with Crippen LogP contribution in [0.25, 0.3) is 16.5 Å². The highest BCUT2D eigenvalue weighted by atomic mass is 16.2. The lowest BCUT2D eigenvalue weighted by Crippen LogP contribution is -2.36. The van der Waals surface area contributed by atoms with Crippen molar-refractivity contribution in [2.45, 2.75) is 25.8 Å². The summed E-state index contributed by atoms with van der Waals surface area (Å²) >= 11 is 0. The van der Waals surface area contributed by atoms with Gasteiger partial charge in [-0.2, -0.15) is 0 Å². The van der Waals surface area contributed by atoms with Crippen LogP contribution in [0.3, 0.4) is 0 Å². The lowest BCUT2D eigenvalue weighted by Gasteiger charge is -2.25. The molecule has 32 heavy (non-hydrogen) atoms. The molecule has 1 aliphatic rings. The number of urea groups is 1. The van der Waals surface area contributed by atoms with Gasteiger partial charge in [0.25, 0.3) is 5.56 Å². The van der Waals surface area contributed by atoms with E-state index in [9.17, 15) is 9.59 Å². The second-order valence-corrected chi connectivity index (χ2v) is 8.28. The molecule has 1 saturated heterocycles. The Bertz CT molecular complexity index is 1350. The first-order valence-electron chi connectivity index (χ1n) is 11.0. The Morgan fingerprint density at radius 3 is 2.50 bits per heavy atom. The van der Waals surface area contributed by atoms with E-state index >= 15 is 0 Å². The van der Waals surface area contributed by atoms with Crippen molar-refractivity contribution in [1.29, 1.82) is 0 Å². The fraction of sp³-hybridized carbons (Fsp3) is 0.231. The second kappa shape index (κ2) is 8.04. The summed E-state index contributed by atoms with van der Waals surface area (Å²) in [5, 5.41) is 5.17. The average molecular weight is 427 g/mol. The number of hydrogen-bond acceptors (Lipinski definition) is 2. The molecular formula is C26H26N4O2. The third-order valence-corrected chi connectivity index (χ3v) is 6.48. The molecule has 1 unspecified atom stereocenters. The van der Waals surface area contributed by atoms with Crippen molar-refractivity contribution in [3.05, 3.63) is 94.4 Å². The number of para-hydroxylation sites is 1. The van der Waals surface area contributed by atoms with Gasteiger partial charge in [0.15, 0.2) is 0 Å². The van der Waals surface area contributed by atoms with Crippen molar-refractivity contribution >= 4 is 22.5 Å². The third-order valence-electron chi connectivity index (χ3n) is 6.48. The van der Waals surface area contributed by atoms with Crippen molar-refractivity contribution in [2.75, 3.05) is 11.9 Å². The van der Waals surface area contributed by atoms with Crippen molar-refractivity contribution in [2.24, 2.45) is 7.05 Å². The van der Waals surface area contributed by atoms with Gasteiger partial charge in [-0.05, 0) is 43.4 Å². The number of likely N-dealkylation sites (tertiary alicyclic amines) is 1. The van der Waals surface area contributed by atoms with E-state index in [4.69, 9.17) is 0 Å². The molecule has 0 spiro atoms. The van der Waals surface area contributed by atoms with E-state index in [1.807, 2.05) is 91.4 Å². The molecular weight excluding hydrogens is 400 g/mol. The average Bonchev–Trinajstić information content (AvgIpc) is 3.37. The second-order valence-electron chi connectivity index (χ2n) is 8.28. The molecule has 4 aromatic rings. The van der Waals surface area contributed by atoms with Crippen LogP contribution in [-0.4, -0.2) is 26.8 Å². The topological polar surface area (TPSA) is 59.3 Å². The minimum absolute atomic E-state index is 0.0638. The minimum Gasteiger partial charge on any atom is -0.317 e. The standard InChI is InChI=1S/C26H26N4O2/c1-18-24(25(31)30(28(18)2)20-12-4-3-5-13-20)23-16-9-17-29(23)26(32)27-22-15-8-11-19-10-6-7-14-21(19)22/h3-8,10-15,23H,9,16-17H2,1-2H3,(H,27,32). The van der Waals surface area contributed by atoms with Crippen LogP contribution in [0.1, 0.15) is 30.1 Å². The number of fused-ring (bicyclic) bond motifs is 1. The highest BCUT2D eigenvalue weighted by molar-refractivity contribution is 6.01. The molecule has 1 aliphatic heterocycles. The van der Waals surface area contributed by atoms with Gasteiger partial charge in [-0.15, -0.1) is 0 Å². The quantitative estimate of drug-likeness (QED) is 0.501. The number of rotatable bonds is 3. The number of aromatic nitrogens is 2. The Balaban J connectivity index is 1.49. The molecule has 0 radical (unpaired) electrons. The molecule has 0 aliphatic carbocycles. The molecule has 1 atom stereocenters. The van der Waals surface area contributed by atoms with Crippen LogP contribution in [-0.2, 0) is 7.05 Å². The van der Waals surface area contributed by atoms with Crippen molar-refractivity contribution < 1.29 is 4.79 Å². The Morgan fingerprint density at radius 1 is 0.969 bits per heavy atom. The molecule has 0 saturated carbocycles. The van der Waals surface area contributed by atoms with Crippen molar-refractivity contribution in [1.82, 2.24) is 14.3 Å². The van der Waals surface area contributed by atoms with Crippen molar-refractivity contribution in [3.63, 3.8) is 0 Å². The van der Waals surface area contributed by atoms with Crippen LogP contribution >= 0.6 is 0 Å². The van der Waals surface area contributed by atoms with Gasteiger partial charge < -0.3 is 10.2 Å². The molecule has 2 amide bonds. The molecule has 5 rings (SSSR count). The molecule has 2 heterocycles. The predicted molar refractivity (Wildman–Crippen MR) is 127 cm³/mol. The summed E-state index contributed by atoms with van der Waals surface area (Å²) in [5.74, 6) is 0. The molecule has 1 aromatic heterocycles. The number of amides is 2. The molecule has 6 heteroatoms. The Labute approximate surface area is 186 Å². The summed E-state index contributed by atoms with van der Waals surface area (Å²) in [6.45, 7) is 2.58. The zero-order valence-electron chi connectivity index (χ0n) is 18.3. The van der Waals surface area contributed by atoms with Gasteiger partial charge >= 0.3 is 6.03 Å². The maximum atomic E-state index is 13.5. The maximum Gasteiger partial charge on any atom is 0.322 e. The summed E-state index contributed by atoms with van der Waals surface area (Å²) in [6, 6.07) is 23.1. The van der Waals surface area contributed by atoms with Crippen LogP contribution in [0.2, 0.25) is 0 Å². The van der Waals surface area contributed by atoms with Crippen LogP contribution in [0.15, 0.2) is 77.6 Å². The summed E-state index contributed by atoms with van der Waals surface area (Å²) in [6.07, 6.45) is 1.64. The Morgan fingerprint density at radius 2 is 1.69 bits per heavy atom. The highest BCUT2D eigenvalue weighted by Crippen LogP contribution is 2.33. The van der Waals surface area contributed by atoms with E-state index in [0.717, 1.165) is 40.7 Å². The smallest absolute Gasteiger partial charge is 0.317 e. The van der Waals surface area contributed by atoms with E-state index in [1.165, 1.54) is 0 Å². The molecule has 0 bridgehead atoms. The lowest BCUT2D eigenvalue weighted by molar-refractivity contribution is 0.206. The van der Waals surface area contributed by atoms with Gasteiger partial charge in [0.05, 0.1) is 23.0 Å². The number of nitrogens with zero attached hydrogens (tertiary/aromatic N) is 3. The summed E-state index contributed by atoms with van der Waals surface area (Å²) < 4.78 is 3.57. The van der Waals surface area contributed by atoms with E-state index in [1.54, 1.807) is 9.58 Å². The largest absolute Gasteiger partial charge is 0.322 e. The summed E-state index contributed by atoms with van der Waals surface area (Å²) in [4.78, 5) is 28.6. The highest BCUT2D eigenvalue weighted by Gasteiger charge is 2.35. The van der Waals surface area contributed by atoms with Gasteiger partial charge in [0.2, 0.25) is 0 Å². The van der Waals surface area contributed by atoms with Crippen LogP contribution < -0.4 is 10.9 Å². The zero-order valence-corrected chi connectivity index (χ0v) is 18.3.